The first-order valence-corrected chi connectivity index (χ1v) is 23.9. The third-order valence-electron chi connectivity index (χ3n) is 9.70. The molecule has 2 saturated heterocycles. The second-order valence-electron chi connectivity index (χ2n) is 14.1. The summed E-state index contributed by atoms with van der Waals surface area (Å²) in [7, 11) is 3.17. The van der Waals surface area contributed by atoms with Crippen molar-refractivity contribution in [1.29, 1.82) is 0 Å². The Morgan fingerprint density at radius 2 is 1.34 bits per heavy atom. The van der Waals surface area contributed by atoms with Crippen LogP contribution in [-0.4, -0.2) is 124 Å². The Labute approximate surface area is 359 Å². The molecule has 6 amide bonds. The minimum absolute atomic E-state index is 0.0251. The number of anilines is 1. The molecular formula is C42H56N6O8S3. The summed E-state index contributed by atoms with van der Waals surface area (Å²) in [5.41, 5.74) is 3.40. The van der Waals surface area contributed by atoms with E-state index in [1.807, 2.05) is 60.3 Å². The zero-order valence-corrected chi connectivity index (χ0v) is 35.9. The lowest BCUT2D eigenvalue weighted by atomic mass is 10.0. The Bertz CT molecular complexity index is 1760. The first-order valence-electron chi connectivity index (χ1n) is 20.3. The van der Waals surface area contributed by atoms with Gasteiger partial charge in [0, 0.05) is 79.0 Å². The maximum Gasteiger partial charge on any atom is 0.315 e. The normalized spacial score (nSPS) is 17.5. The van der Waals surface area contributed by atoms with E-state index in [2.05, 4.69) is 38.4 Å². The maximum absolute atomic E-state index is 13.3. The number of rotatable bonds is 27. The minimum atomic E-state index is -0.169. The van der Waals surface area contributed by atoms with Crippen molar-refractivity contribution in [3.05, 3.63) is 65.2 Å². The lowest BCUT2D eigenvalue weighted by Crippen LogP contribution is -2.36. The molecule has 2 aromatic rings. The van der Waals surface area contributed by atoms with Crippen LogP contribution in [0.2, 0.25) is 0 Å². The van der Waals surface area contributed by atoms with Crippen molar-refractivity contribution in [2.45, 2.75) is 68.8 Å². The maximum atomic E-state index is 13.3. The lowest BCUT2D eigenvalue weighted by molar-refractivity contribution is -0.125. The molecule has 0 spiro atoms. The van der Waals surface area contributed by atoms with Crippen LogP contribution < -0.4 is 31.5 Å². The number of nitrogens with one attached hydrogen (secondary N) is 5. The van der Waals surface area contributed by atoms with Gasteiger partial charge in [-0.15, -0.1) is 0 Å². The Morgan fingerprint density at radius 1 is 0.712 bits per heavy atom. The zero-order valence-electron chi connectivity index (χ0n) is 33.4. The summed E-state index contributed by atoms with van der Waals surface area (Å²) in [4.78, 5) is 63.3. The van der Waals surface area contributed by atoms with Gasteiger partial charge in [-0.2, -0.15) is 11.8 Å². The highest BCUT2D eigenvalue weighted by molar-refractivity contribution is 8.76. The number of ether oxygens (including phenoxy) is 3. The smallest absolute Gasteiger partial charge is 0.315 e. The van der Waals surface area contributed by atoms with Gasteiger partial charge in [-0.25, -0.2) is 4.79 Å². The highest BCUT2D eigenvalue weighted by Gasteiger charge is 2.42. The number of benzene rings is 2. The van der Waals surface area contributed by atoms with E-state index in [1.54, 1.807) is 26.5 Å². The fraction of sp³-hybridized carbons (Fsp3) is 0.548. The molecule has 0 aliphatic carbocycles. The van der Waals surface area contributed by atoms with Gasteiger partial charge in [0.2, 0.25) is 23.6 Å². The van der Waals surface area contributed by atoms with E-state index in [0.717, 1.165) is 47.4 Å². The number of urea groups is 1. The van der Waals surface area contributed by atoms with Gasteiger partial charge in [0.25, 0.3) is 0 Å². The van der Waals surface area contributed by atoms with Crippen LogP contribution in [0, 0.1) is 11.8 Å². The molecule has 3 aliphatic heterocycles. The monoisotopic (exact) mass is 868 g/mol. The second kappa shape index (κ2) is 26.3. The summed E-state index contributed by atoms with van der Waals surface area (Å²) in [6, 6.07) is 15.8. The number of hydrogen-bond acceptors (Lipinski definition) is 11. The van der Waals surface area contributed by atoms with E-state index in [4.69, 9.17) is 14.2 Å². The van der Waals surface area contributed by atoms with Crippen molar-refractivity contribution < 1.29 is 38.2 Å². The molecule has 0 bridgehead atoms. The first kappa shape index (κ1) is 46.2. The standard InChI is InChI=1S/C42H56N6O8S3/c49-37(12-6-5-11-36-41-34(30-57-36)46-42(53)47-41)43-18-21-54-23-25-56-26-24-55-22-19-44-39(51)17-27-58-59-28-20-45-38(50)15-16-40(52)48-29-33-9-2-1-7-31(33)13-14-32-8-3-4-10-35(32)48/h1-4,7-10,34,36,41H,5-6,11-12,15-30H2,(H,43,49)(H,44,51)(H,45,50)(H2,46,47,53)/t34-,36-,41-/m0/s1. The third-order valence-corrected chi connectivity index (χ3v) is 13.6. The molecule has 0 aromatic heterocycles. The van der Waals surface area contributed by atoms with Crippen molar-refractivity contribution >= 4 is 68.7 Å². The highest BCUT2D eigenvalue weighted by atomic mass is 33.1. The number of amides is 6. The first-order chi connectivity index (χ1) is 28.9. The van der Waals surface area contributed by atoms with Crippen LogP contribution in [0.3, 0.4) is 0 Å². The van der Waals surface area contributed by atoms with Crippen LogP contribution >= 0.6 is 33.3 Å². The summed E-state index contributed by atoms with van der Waals surface area (Å²) in [5, 5.41) is 15.0. The van der Waals surface area contributed by atoms with E-state index < -0.39 is 0 Å². The van der Waals surface area contributed by atoms with Gasteiger partial charge in [-0.1, -0.05) is 70.2 Å². The van der Waals surface area contributed by atoms with Crippen LogP contribution in [0.25, 0.3) is 0 Å². The molecule has 14 nitrogen and oxygen atoms in total. The summed E-state index contributed by atoms with van der Waals surface area (Å²) in [6.45, 7) is 4.25. The van der Waals surface area contributed by atoms with Gasteiger partial charge in [0.1, 0.15) is 0 Å². The van der Waals surface area contributed by atoms with Gasteiger partial charge >= 0.3 is 6.03 Å². The molecule has 0 saturated carbocycles. The molecule has 320 valence electrons. The van der Waals surface area contributed by atoms with Crippen molar-refractivity contribution in [2.75, 3.05) is 81.4 Å². The van der Waals surface area contributed by atoms with Crippen LogP contribution in [-0.2, 0) is 39.9 Å². The highest BCUT2D eigenvalue weighted by Crippen LogP contribution is 2.33. The fourth-order valence-corrected chi connectivity index (χ4v) is 10.1. The number of unbranched alkanes of at least 4 members (excludes halogenated alkanes) is 1. The minimum Gasteiger partial charge on any atom is -0.377 e. The number of hydrogen-bond donors (Lipinski definition) is 5. The predicted molar refractivity (Wildman–Crippen MR) is 234 cm³/mol. The summed E-state index contributed by atoms with van der Waals surface area (Å²) < 4.78 is 16.5. The van der Waals surface area contributed by atoms with Gasteiger partial charge < -0.3 is 45.7 Å². The van der Waals surface area contributed by atoms with Crippen LogP contribution in [0.15, 0.2) is 48.5 Å². The number of para-hydroxylation sites is 1. The van der Waals surface area contributed by atoms with Gasteiger partial charge in [0.15, 0.2) is 0 Å². The average molecular weight is 869 g/mol. The van der Waals surface area contributed by atoms with Crippen LogP contribution in [0.5, 0.6) is 0 Å². The van der Waals surface area contributed by atoms with Gasteiger partial charge in [-0.05, 0) is 36.6 Å². The van der Waals surface area contributed by atoms with E-state index in [1.165, 1.54) is 0 Å². The molecule has 17 heteroatoms. The molecule has 5 rings (SSSR count). The predicted octanol–water partition coefficient (Wildman–Crippen LogP) is 3.61. The number of thioether (sulfide) groups is 1. The van der Waals surface area contributed by atoms with E-state index in [9.17, 15) is 24.0 Å². The van der Waals surface area contributed by atoms with Crippen molar-refractivity contribution in [1.82, 2.24) is 26.6 Å². The average Bonchev–Trinajstić information content (AvgIpc) is 3.79. The van der Waals surface area contributed by atoms with E-state index >= 15 is 0 Å². The van der Waals surface area contributed by atoms with Crippen molar-refractivity contribution in [3.8, 4) is 11.8 Å². The molecule has 2 fully saturated rings. The second-order valence-corrected chi connectivity index (χ2v) is 18.0. The summed E-state index contributed by atoms with van der Waals surface area (Å²) in [6.07, 6.45) is 3.85. The molecule has 3 atom stereocenters. The topological polar surface area (TPSA) is 176 Å². The zero-order chi connectivity index (χ0) is 41.5. The molecule has 59 heavy (non-hydrogen) atoms. The van der Waals surface area contributed by atoms with Crippen LogP contribution in [0.1, 0.15) is 61.6 Å². The summed E-state index contributed by atoms with van der Waals surface area (Å²) in [5.74, 6) is 8.38. The Balaban J connectivity index is 0.759. The molecule has 0 radical (unpaired) electrons. The number of fused-ring (bicyclic) bond motifs is 3. The molecule has 3 heterocycles. The molecule has 5 N–H and O–H groups in total. The van der Waals surface area contributed by atoms with Crippen molar-refractivity contribution in [3.63, 3.8) is 0 Å². The lowest BCUT2D eigenvalue weighted by Gasteiger charge is -2.26. The van der Waals surface area contributed by atoms with Gasteiger partial charge in [0.05, 0.1) is 64.0 Å². The number of carbonyl (C=O) groups excluding carboxylic acids is 5. The molecular weight excluding hydrogens is 813 g/mol. The van der Waals surface area contributed by atoms with E-state index in [-0.39, 0.29) is 54.6 Å². The Morgan fingerprint density at radius 3 is 2.12 bits per heavy atom. The van der Waals surface area contributed by atoms with Crippen LogP contribution in [0.4, 0.5) is 10.5 Å². The summed E-state index contributed by atoms with van der Waals surface area (Å²) >= 11 is 1.89. The Hall–Kier alpha value is -3.92. The fourth-order valence-electron chi connectivity index (χ4n) is 6.65. The molecule has 2 aromatic carbocycles. The van der Waals surface area contributed by atoms with E-state index in [0.29, 0.717) is 95.4 Å². The van der Waals surface area contributed by atoms with Gasteiger partial charge in [-0.3, -0.25) is 19.2 Å². The molecule has 3 aliphatic rings. The number of carbonyl (C=O) groups is 5. The quantitative estimate of drug-likeness (QED) is 0.0384. The largest absolute Gasteiger partial charge is 0.377 e. The third kappa shape index (κ3) is 16.6. The SMILES string of the molecule is O=C(CCCC[C@@H]1SC[C@@H]2NC(=O)N[C@@H]21)NCCOCCOCCOCCNC(=O)CCSSCCNC(=O)CCC(=O)N1Cc2ccccc2C#Cc2ccccc21. The molecule has 0 unspecified atom stereocenters. The van der Waals surface area contributed by atoms with Crippen molar-refractivity contribution in [2.24, 2.45) is 0 Å². The number of nitrogens with zero attached hydrogens (tertiary/aromatic N) is 1. The Kier molecular flexibility index (Phi) is 20.6.